The Kier molecular flexibility index (Phi) is 9.03. The minimum atomic E-state index is -3.46. The van der Waals surface area contributed by atoms with E-state index in [0.717, 1.165) is 25.9 Å². The van der Waals surface area contributed by atoms with Crippen LogP contribution in [0.4, 0.5) is 5.13 Å². The van der Waals surface area contributed by atoms with Crippen molar-refractivity contribution in [2.75, 3.05) is 51.1 Å². The molecule has 1 aliphatic rings. The van der Waals surface area contributed by atoms with Gasteiger partial charge in [-0.05, 0) is 37.5 Å². The second kappa shape index (κ2) is 12.4. The standard InChI is InChI=1S/C24H29N5O6S2/c1-34-14-4-16-37(32,33)18-7-5-17(6-8-18)21(28-29-11-2-3-12-29)22(31)27-24-25-19-9-10-20(35-15-13-30)26-23(19)36-24/h5-10,30H,2-4,11-16H2,1H3,(H,25,27,31)/b28-21+. The molecular weight excluding hydrogens is 518 g/mol. The zero-order valence-corrected chi connectivity index (χ0v) is 22.1. The number of aromatic nitrogens is 2. The van der Waals surface area contributed by atoms with Crippen LogP contribution < -0.4 is 10.1 Å². The number of thiazole rings is 1. The number of ether oxygens (including phenoxy) is 2. The number of nitrogens with one attached hydrogen (secondary N) is 1. The molecule has 37 heavy (non-hydrogen) atoms. The number of pyridine rings is 1. The molecule has 0 radical (unpaired) electrons. The molecule has 1 fully saturated rings. The lowest BCUT2D eigenvalue weighted by Gasteiger charge is -2.14. The first kappa shape index (κ1) is 26.9. The summed E-state index contributed by atoms with van der Waals surface area (Å²) in [6, 6.07) is 9.57. The van der Waals surface area contributed by atoms with E-state index in [1.54, 1.807) is 24.3 Å². The number of rotatable bonds is 12. The summed E-state index contributed by atoms with van der Waals surface area (Å²) in [6.45, 7) is 1.85. The van der Waals surface area contributed by atoms with Crippen LogP contribution in [0.3, 0.4) is 0 Å². The molecule has 1 aliphatic heterocycles. The quantitative estimate of drug-likeness (QED) is 0.258. The molecule has 0 atom stereocenters. The molecule has 13 heteroatoms. The van der Waals surface area contributed by atoms with Gasteiger partial charge in [-0.3, -0.25) is 15.1 Å². The van der Waals surface area contributed by atoms with Gasteiger partial charge in [-0.25, -0.2) is 18.4 Å². The van der Waals surface area contributed by atoms with Gasteiger partial charge in [-0.15, -0.1) is 0 Å². The largest absolute Gasteiger partial charge is 0.475 e. The van der Waals surface area contributed by atoms with Crippen LogP contribution in [0.2, 0.25) is 0 Å². The smallest absolute Gasteiger partial charge is 0.278 e. The number of methoxy groups -OCH3 is 1. The molecule has 0 aliphatic carbocycles. The number of aliphatic hydroxyl groups excluding tert-OH is 1. The van der Waals surface area contributed by atoms with Crippen LogP contribution in [0.1, 0.15) is 24.8 Å². The van der Waals surface area contributed by atoms with Crippen molar-refractivity contribution in [3.8, 4) is 5.88 Å². The van der Waals surface area contributed by atoms with Crippen molar-refractivity contribution in [3.05, 3.63) is 42.0 Å². The van der Waals surface area contributed by atoms with E-state index in [2.05, 4.69) is 20.4 Å². The Labute approximate surface area is 219 Å². The van der Waals surface area contributed by atoms with Gasteiger partial charge in [0.15, 0.2) is 20.7 Å². The van der Waals surface area contributed by atoms with E-state index in [0.29, 0.717) is 39.9 Å². The zero-order chi connectivity index (χ0) is 26.3. The topological polar surface area (TPSA) is 143 Å². The number of fused-ring (bicyclic) bond motifs is 1. The van der Waals surface area contributed by atoms with Crippen molar-refractivity contribution in [2.24, 2.45) is 5.10 Å². The first-order valence-electron chi connectivity index (χ1n) is 11.9. The number of nitrogens with zero attached hydrogens (tertiary/aromatic N) is 4. The van der Waals surface area contributed by atoms with Crippen LogP contribution in [0.25, 0.3) is 10.3 Å². The number of sulfone groups is 1. The molecule has 4 rings (SSSR count). The number of benzene rings is 1. The second-order valence-corrected chi connectivity index (χ2v) is 11.4. The molecule has 3 heterocycles. The number of carbonyl (C=O) groups excluding carboxylic acids is 1. The van der Waals surface area contributed by atoms with E-state index < -0.39 is 15.7 Å². The lowest BCUT2D eigenvalue weighted by Crippen LogP contribution is -2.27. The molecule has 1 aromatic carbocycles. The van der Waals surface area contributed by atoms with Crippen molar-refractivity contribution in [2.45, 2.75) is 24.2 Å². The van der Waals surface area contributed by atoms with Gasteiger partial charge >= 0.3 is 0 Å². The van der Waals surface area contributed by atoms with Gasteiger partial charge in [0.1, 0.15) is 17.0 Å². The van der Waals surface area contributed by atoms with Gasteiger partial charge in [0.2, 0.25) is 5.88 Å². The molecule has 11 nitrogen and oxygen atoms in total. The SMILES string of the molecule is COCCCS(=O)(=O)c1ccc(/C(=N\N2CCCC2)C(=O)Nc2nc3ccc(OCCO)nc3s2)cc1. The zero-order valence-electron chi connectivity index (χ0n) is 20.4. The van der Waals surface area contributed by atoms with E-state index in [1.165, 1.54) is 30.6 Å². The number of hydrogen-bond donors (Lipinski definition) is 2. The second-order valence-electron chi connectivity index (χ2n) is 8.32. The van der Waals surface area contributed by atoms with Crippen molar-refractivity contribution >= 4 is 48.3 Å². The van der Waals surface area contributed by atoms with Crippen LogP contribution in [-0.2, 0) is 19.4 Å². The highest BCUT2D eigenvalue weighted by Gasteiger charge is 2.21. The third kappa shape index (κ3) is 7.01. The Balaban J connectivity index is 1.56. The highest BCUT2D eigenvalue weighted by atomic mass is 32.2. The average molecular weight is 548 g/mol. The summed E-state index contributed by atoms with van der Waals surface area (Å²) < 4.78 is 35.5. The first-order valence-corrected chi connectivity index (χ1v) is 14.3. The molecule has 1 amide bonds. The first-order chi connectivity index (χ1) is 17.9. The third-order valence-electron chi connectivity index (χ3n) is 5.58. The van der Waals surface area contributed by atoms with Crippen LogP contribution >= 0.6 is 11.3 Å². The molecular formula is C24H29N5O6S2. The molecule has 2 aromatic heterocycles. The van der Waals surface area contributed by atoms with E-state index in [-0.39, 0.29) is 29.6 Å². The minimum absolute atomic E-state index is 0.0200. The number of aliphatic hydroxyl groups is 1. The molecule has 198 valence electrons. The van der Waals surface area contributed by atoms with Crippen LogP contribution in [0.15, 0.2) is 46.4 Å². The molecule has 2 N–H and O–H groups in total. The van der Waals surface area contributed by atoms with E-state index >= 15 is 0 Å². The maximum absolute atomic E-state index is 13.3. The maximum atomic E-state index is 13.3. The summed E-state index contributed by atoms with van der Waals surface area (Å²) in [7, 11) is -1.93. The van der Waals surface area contributed by atoms with E-state index in [9.17, 15) is 13.2 Å². The number of anilines is 1. The fourth-order valence-corrected chi connectivity index (χ4v) is 5.86. The molecule has 1 saturated heterocycles. The highest BCUT2D eigenvalue weighted by Crippen LogP contribution is 2.26. The minimum Gasteiger partial charge on any atom is -0.475 e. The van der Waals surface area contributed by atoms with Gasteiger partial charge in [0, 0.05) is 38.4 Å². The normalized spacial score (nSPS) is 14.3. The fourth-order valence-electron chi connectivity index (χ4n) is 3.75. The lowest BCUT2D eigenvalue weighted by molar-refractivity contribution is -0.110. The van der Waals surface area contributed by atoms with Crippen LogP contribution in [0.5, 0.6) is 5.88 Å². The number of hydrazone groups is 1. The molecule has 0 spiro atoms. The van der Waals surface area contributed by atoms with Gasteiger partial charge in [0.25, 0.3) is 5.91 Å². The Morgan fingerprint density at radius 2 is 1.89 bits per heavy atom. The summed E-state index contributed by atoms with van der Waals surface area (Å²) in [5, 5.41) is 18.5. The Bertz CT molecular complexity index is 1350. The summed E-state index contributed by atoms with van der Waals surface area (Å²) in [6.07, 6.45) is 2.37. The fraction of sp³-hybridized carbons (Fsp3) is 0.417. The monoisotopic (exact) mass is 547 g/mol. The molecule has 0 saturated carbocycles. The lowest BCUT2D eigenvalue weighted by atomic mass is 10.1. The predicted molar refractivity (Wildman–Crippen MR) is 141 cm³/mol. The van der Waals surface area contributed by atoms with Crippen molar-refractivity contribution in [1.29, 1.82) is 0 Å². The average Bonchev–Trinajstić information content (AvgIpc) is 3.55. The summed E-state index contributed by atoms with van der Waals surface area (Å²) in [4.78, 5) is 22.9. The maximum Gasteiger partial charge on any atom is 0.278 e. The van der Waals surface area contributed by atoms with Gasteiger partial charge in [0.05, 0.1) is 17.3 Å². The van der Waals surface area contributed by atoms with Crippen molar-refractivity contribution in [3.63, 3.8) is 0 Å². The van der Waals surface area contributed by atoms with Crippen molar-refractivity contribution < 1.29 is 27.8 Å². The number of carbonyl (C=O) groups is 1. The Morgan fingerprint density at radius 1 is 1.14 bits per heavy atom. The highest BCUT2D eigenvalue weighted by molar-refractivity contribution is 7.91. The molecule has 3 aromatic rings. The summed E-state index contributed by atoms with van der Waals surface area (Å²) >= 11 is 1.19. The van der Waals surface area contributed by atoms with Gasteiger partial charge in [-0.1, -0.05) is 23.5 Å². The molecule has 0 unspecified atom stereocenters. The summed E-state index contributed by atoms with van der Waals surface area (Å²) in [5.41, 5.74) is 1.27. The molecule has 0 bridgehead atoms. The Hall–Kier alpha value is -3.13. The summed E-state index contributed by atoms with van der Waals surface area (Å²) in [5.74, 6) is -0.122. The Morgan fingerprint density at radius 3 is 2.59 bits per heavy atom. The number of hydrogen-bond acceptors (Lipinski definition) is 11. The predicted octanol–water partition coefficient (Wildman–Crippen LogP) is 2.31. The van der Waals surface area contributed by atoms with Gasteiger partial charge < -0.3 is 14.6 Å². The van der Waals surface area contributed by atoms with E-state index in [1.807, 2.05) is 5.01 Å². The van der Waals surface area contributed by atoms with Gasteiger partial charge in [-0.2, -0.15) is 5.10 Å². The van der Waals surface area contributed by atoms with E-state index in [4.69, 9.17) is 14.6 Å². The number of amides is 1. The van der Waals surface area contributed by atoms with Crippen molar-refractivity contribution in [1.82, 2.24) is 15.0 Å². The van der Waals surface area contributed by atoms with Crippen LogP contribution in [-0.4, -0.2) is 85.9 Å². The van der Waals surface area contributed by atoms with Crippen LogP contribution in [0, 0.1) is 0 Å². The third-order valence-corrected chi connectivity index (χ3v) is 8.28.